The van der Waals surface area contributed by atoms with Crippen LogP contribution in [0.5, 0.6) is 0 Å². The third kappa shape index (κ3) is 4.78. The van der Waals surface area contributed by atoms with Crippen molar-refractivity contribution in [3.63, 3.8) is 0 Å². The van der Waals surface area contributed by atoms with Crippen LogP contribution in [-0.2, 0) is 16.1 Å². The minimum absolute atomic E-state index is 0.0608. The summed E-state index contributed by atoms with van der Waals surface area (Å²) < 4.78 is 10.4. The highest BCUT2D eigenvalue weighted by Gasteiger charge is 2.30. The summed E-state index contributed by atoms with van der Waals surface area (Å²) in [6.45, 7) is 3.67. The van der Waals surface area contributed by atoms with E-state index in [4.69, 9.17) is 14.4 Å². The fourth-order valence-corrected chi connectivity index (χ4v) is 4.08. The van der Waals surface area contributed by atoms with Crippen LogP contribution < -0.4 is 10.6 Å². The van der Waals surface area contributed by atoms with Crippen molar-refractivity contribution in [1.82, 2.24) is 15.8 Å². The minimum atomic E-state index is -1.22. The van der Waals surface area contributed by atoms with Gasteiger partial charge in [0.15, 0.2) is 11.5 Å². The number of amides is 2. The Balaban J connectivity index is 1.36. The van der Waals surface area contributed by atoms with E-state index >= 15 is 0 Å². The van der Waals surface area contributed by atoms with Gasteiger partial charge in [0.25, 0.3) is 0 Å². The SMILES string of the molecule is CC(C)C(NC(=O)OCC1c2ccccc2-c2ccccc21)C(=O)NCc1cc(C(=O)O)no1. The summed E-state index contributed by atoms with van der Waals surface area (Å²) >= 11 is 0. The van der Waals surface area contributed by atoms with E-state index in [-0.39, 0.29) is 36.4 Å². The summed E-state index contributed by atoms with van der Waals surface area (Å²) in [5.74, 6) is -1.78. The van der Waals surface area contributed by atoms with E-state index < -0.39 is 24.0 Å². The molecule has 3 N–H and O–H groups in total. The number of ether oxygens (including phenoxy) is 1. The number of fused-ring (bicyclic) bond motifs is 3. The van der Waals surface area contributed by atoms with Crippen LogP contribution in [0.3, 0.4) is 0 Å². The molecule has 1 heterocycles. The smallest absolute Gasteiger partial charge is 0.407 e. The van der Waals surface area contributed by atoms with Crippen molar-refractivity contribution in [2.75, 3.05) is 6.61 Å². The molecule has 1 aromatic heterocycles. The van der Waals surface area contributed by atoms with E-state index in [0.29, 0.717) is 0 Å². The lowest BCUT2D eigenvalue weighted by atomic mass is 9.98. The van der Waals surface area contributed by atoms with E-state index in [9.17, 15) is 14.4 Å². The lowest BCUT2D eigenvalue weighted by Gasteiger charge is -2.22. The molecule has 0 bridgehead atoms. The third-order valence-corrected chi connectivity index (χ3v) is 5.78. The number of aromatic carboxylic acids is 1. The first kappa shape index (κ1) is 23.0. The van der Waals surface area contributed by atoms with Crippen LogP contribution in [0, 0.1) is 5.92 Å². The Morgan fingerprint density at radius 3 is 2.24 bits per heavy atom. The van der Waals surface area contributed by atoms with Crippen LogP contribution in [0.15, 0.2) is 59.1 Å². The van der Waals surface area contributed by atoms with Gasteiger partial charge < -0.3 is 25.0 Å². The summed E-state index contributed by atoms with van der Waals surface area (Å²) in [4.78, 5) is 36.1. The van der Waals surface area contributed by atoms with E-state index in [1.54, 1.807) is 13.8 Å². The van der Waals surface area contributed by atoms with E-state index in [1.807, 2.05) is 36.4 Å². The number of carbonyl (C=O) groups is 3. The molecule has 0 saturated carbocycles. The molecule has 9 nitrogen and oxygen atoms in total. The third-order valence-electron chi connectivity index (χ3n) is 5.78. The maximum atomic E-state index is 12.7. The Hall–Kier alpha value is -4.14. The van der Waals surface area contributed by atoms with Crippen molar-refractivity contribution in [2.24, 2.45) is 5.92 Å². The molecule has 0 aliphatic heterocycles. The number of carbonyl (C=O) groups excluding carboxylic acids is 2. The fraction of sp³-hybridized carbons (Fsp3) is 0.280. The Kier molecular flexibility index (Phi) is 6.62. The molecule has 0 fully saturated rings. The number of rotatable bonds is 8. The van der Waals surface area contributed by atoms with Crippen LogP contribution in [0.4, 0.5) is 4.79 Å². The monoisotopic (exact) mass is 463 g/mol. The molecule has 1 aliphatic rings. The Morgan fingerprint density at radius 2 is 1.68 bits per heavy atom. The molecular formula is C25H25N3O6. The predicted octanol–water partition coefficient (Wildman–Crippen LogP) is 3.55. The number of alkyl carbamates (subject to hydrolysis) is 1. The van der Waals surface area contributed by atoms with Crippen LogP contribution in [-0.4, -0.2) is 40.9 Å². The highest BCUT2D eigenvalue weighted by molar-refractivity contribution is 5.86. The van der Waals surface area contributed by atoms with Gasteiger partial charge in [-0.3, -0.25) is 4.79 Å². The highest BCUT2D eigenvalue weighted by Crippen LogP contribution is 2.44. The normalized spacial score (nSPS) is 13.1. The first-order valence-electron chi connectivity index (χ1n) is 10.9. The first-order valence-corrected chi connectivity index (χ1v) is 10.9. The highest BCUT2D eigenvalue weighted by atomic mass is 16.5. The predicted molar refractivity (Wildman–Crippen MR) is 122 cm³/mol. The average Bonchev–Trinajstić information content (AvgIpc) is 3.43. The van der Waals surface area contributed by atoms with Crippen molar-refractivity contribution in [3.8, 4) is 11.1 Å². The number of hydrogen-bond acceptors (Lipinski definition) is 6. The van der Waals surface area contributed by atoms with Crippen molar-refractivity contribution in [2.45, 2.75) is 32.4 Å². The molecule has 0 radical (unpaired) electrons. The summed E-state index contributed by atoms with van der Waals surface area (Å²) in [5, 5.41) is 17.6. The van der Waals surface area contributed by atoms with Crippen LogP contribution >= 0.6 is 0 Å². The number of carboxylic acid groups (broad SMARTS) is 1. The summed E-state index contributed by atoms with van der Waals surface area (Å²) in [7, 11) is 0. The molecule has 1 aliphatic carbocycles. The molecule has 2 aromatic carbocycles. The standard InChI is InChI=1S/C25H25N3O6/c1-14(2)22(23(29)26-12-15-11-21(24(30)31)28-34-15)27-25(32)33-13-20-18-9-5-3-7-16(18)17-8-4-6-10-19(17)20/h3-11,14,20,22H,12-13H2,1-2H3,(H,26,29)(H,27,32)(H,30,31). The topological polar surface area (TPSA) is 131 Å². The molecule has 176 valence electrons. The summed E-state index contributed by atoms with van der Waals surface area (Å²) in [6.07, 6.45) is -0.691. The molecule has 9 heteroatoms. The zero-order valence-electron chi connectivity index (χ0n) is 18.8. The zero-order valence-corrected chi connectivity index (χ0v) is 18.8. The summed E-state index contributed by atoms with van der Waals surface area (Å²) in [5.41, 5.74) is 4.21. The van der Waals surface area contributed by atoms with Gasteiger partial charge in [-0.15, -0.1) is 0 Å². The molecule has 0 saturated heterocycles. The molecule has 0 spiro atoms. The zero-order chi connectivity index (χ0) is 24.2. The maximum Gasteiger partial charge on any atom is 0.407 e. The number of hydrogen-bond donors (Lipinski definition) is 3. The number of aromatic nitrogens is 1. The van der Waals surface area contributed by atoms with Gasteiger partial charge in [-0.1, -0.05) is 67.5 Å². The second-order valence-corrected chi connectivity index (χ2v) is 8.39. The van der Waals surface area contributed by atoms with Gasteiger partial charge in [0, 0.05) is 12.0 Å². The van der Waals surface area contributed by atoms with Gasteiger partial charge in [0.1, 0.15) is 12.6 Å². The summed E-state index contributed by atoms with van der Waals surface area (Å²) in [6, 6.07) is 16.5. The van der Waals surface area contributed by atoms with Gasteiger partial charge >= 0.3 is 12.1 Å². The molecule has 1 atom stereocenters. The van der Waals surface area contributed by atoms with Gasteiger partial charge in [0.05, 0.1) is 6.54 Å². The average molecular weight is 463 g/mol. The van der Waals surface area contributed by atoms with Gasteiger partial charge in [0.2, 0.25) is 5.91 Å². The second-order valence-electron chi connectivity index (χ2n) is 8.39. The van der Waals surface area contributed by atoms with E-state index in [0.717, 1.165) is 22.3 Å². The molecular weight excluding hydrogens is 438 g/mol. The largest absolute Gasteiger partial charge is 0.476 e. The molecule has 3 aromatic rings. The maximum absolute atomic E-state index is 12.7. The van der Waals surface area contributed by atoms with E-state index in [1.165, 1.54) is 6.07 Å². The number of carboxylic acids is 1. The second kappa shape index (κ2) is 9.78. The number of benzene rings is 2. The van der Waals surface area contributed by atoms with Crippen LogP contribution in [0.1, 0.15) is 47.1 Å². The van der Waals surface area contributed by atoms with Crippen molar-refractivity contribution in [3.05, 3.63) is 77.2 Å². The molecule has 34 heavy (non-hydrogen) atoms. The molecule has 1 unspecified atom stereocenters. The number of nitrogens with zero attached hydrogens (tertiary/aromatic N) is 1. The van der Waals surface area contributed by atoms with Crippen molar-refractivity contribution < 1.29 is 28.8 Å². The van der Waals surface area contributed by atoms with Gasteiger partial charge in [-0.2, -0.15) is 0 Å². The Labute approximate surface area is 196 Å². The van der Waals surface area contributed by atoms with Gasteiger partial charge in [-0.25, -0.2) is 9.59 Å². The van der Waals surface area contributed by atoms with Crippen LogP contribution in [0.25, 0.3) is 11.1 Å². The lowest BCUT2D eigenvalue weighted by Crippen LogP contribution is -2.49. The molecule has 2 amide bonds. The van der Waals surface area contributed by atoms with Crippen LogP contribution in [0.2, 0.25) is 0 Å². The molecule has 4 rings (SSSR count). The Morgan fingerprint density at radius 1 is 1.06 bits per heavy atom. The van der Waals surface area contributed by atoms with E-state index in [2.05, 4.69) is 27.9 Å². The minimum Gasteiger partial charge on any atom is -0.476 e. The van der Waals surface area contributed by atoms with Crippen molar-refractivity contribution in [1.29, 1.82) is 0 Å². The van der Waals surface area contributed by atoms with Gasteiger partial charge in [-0.05, 0) is 28.2 Å². The Bertz CT molecular complexity index is 1170. The quantitative estimate of drug-likeness (QED) is 0.466. The lowest BCUT2D eigenvalue weighted by molar-refractivity contribution is -0.124. The first-order chi connectivity index (χ1) is 16.3. The van der Waals surface area contributed by atoms with Crippen molar-refractivity contribution >= 4 is 18.0 Å². The fourth-order valence-electron chi connectivity index (χ4n) is 4.08. The number of nitrogens with one attached hydrogen (secondary N) is 2.